The quantitative estimate of drug-likeness (QED) is 0.361. The van der Waals surface area contributed by atoms with E-state index in [-0.39, 0.29) is 29.5 Å². The molecule has 0 aromatic heterocycles. The molecule has 3 fully saturated rings. The first kappa shape index (κ1) is 23.2. The van der Waals surface area contributed by atoms with Gasteiger partial charge in [0.15, 0.2) is 5.96 Å². The maximum absolute atomic E-state index is 5.68. The topological polar surface area (TPSA) is 43.3 Å². The summed E-state index contributed by atoms with van der Waals surface area (Å²) in [5.41, 5.74) is 0.254. The lowest BCUT2D eigenvalue weighted by atomic mass is 9.88. The number of aliphatic imine (C=N–C) groups is 1. The highest BCUT2D eigenvalue weighted by molar-refractivity contribution is 14.0. The van der Waals surface area contributed by atoms with Gasteiger partial charge in [0.1, 0.15) is 0 Å². The Balaban J connectivity index is 0.00000261. The van der Waals surface area contributed by atoms with Gasteiger partial charge in [-0.1, -0.05) is 13.8 Å². The number of nitrogens with zero attached hydrogens (tertiary/aromatic N) is 4. The van der Waals surface area contributed by atoms with Gasteiger partial charge in [0.05, 0.1) is 0 Å². The third-order valence-corrected chi connectivity index (χ3v) is 6.28. The second kappa shape index (κ2) is 11.2. The van der Waals surface area contributed by atoms with E-state index in [0.717, 1.165) is 70.7 Å². The molecule has 0 bridgehead atoms. The van der Waals surface area contributed by atoms with Gasteiger partial charge in [0, 0.05) is 65.1 Å². The predicted molar refractivity (Wildman–Crippen MR) is 123 cm³/mol. The molecule has 0 unspecified atom stereocenters. The fourth-order valence-corrected chi connectivity index (χ4v) is 4.78. The second-order valence-corrected chi connectivity index (χ2v) is 8.61. The van der Waals surface area contributed by atoms with E-state index in [4.69, 9.17) is 4.74 Å². The maximum atomic E-state index is 5.68. The van der Waals surface area contributed by atoms with Crippen LogP contribution in [0.4, 0.5) is 0 Å². The van der Waals surface area contributed by atoms with Crippen LogP contribution in [0.15, 0.2) is 4.99 Å². The summed E-state index contributed by atoms with van der Waals surface area (Å²) in [6.07, 6.45) is 4.96. The minimum Gasteiger partial charge on any atom is -0.381 e. The van der Waals surface area contributed by atoms with Crippen molar-refractivity contribution in [2.45, 2.75) is 45.1 Å². The van der Waals surface area contributed by atoms with Gasteiger partial charge in [0.2, 0.25) is 0 Å². The van der Waals surface area contributed by atoms with E-state index >= 15 is 0 Å². The number of piperazine rings is 1. The first-order valence-electron chi connectivity index (χ1n) is 10.6. The molecular weight excluding hydrogens is 453 g/mol. The van der Waals surface area contributed by atoms with Crippen molar-refractivity contribution in [2.75, 3.05) is 72.6 Å². The summed E-state index contributed by atoms with van der Waals surface area (Å²) in [6, 6.07) is 0. The fraction of sp³-hybridized carbons (Fsp3) is 0.950. The third kappa shape index (κ3) is 6.18. The zero-order valence-corrected chi connectivity index (χ0v) is 19.9. The summed E-state index contributed by atoms with van der Waals surface area (Å²) < 4.78 is 5.68. The molecule has 3 heterocycles. The van der Waals surface area contributed by atoms with Crippen LogP contribution in [0.2, 0.25) is 0 Å². The van der Waals surface area contributed by atoms with Crippen LogP contribution in [0.3, 0.4) is 0 Å². The molecule has 3 rings (SSSR count). The molecule has 0 radical (unpaired) electrons. The molecule has 1 N–H and O–H groups in total. The van der Waals surface area contributed by atoms with Gasteiger partial charge in [0.25, 0.3) is 0 Å². The van der Waals surface area contributed by atoms with Gasteiger partial charge in [-0.05, 0) is 44.7 Å². The van der Waals surface area contributed by atoms with Gasteiger partial charge in [-0.3, -0.25) is 14.8 Å². The minimum absolute atomic E-state index is 0. The minimum atomic E-state index is 0. The Morgan fingerprint density at radius 3 is 2.22 bits per heavy atom. The van der Waals surface area contributed by atoms with Crippen molar-refractivity contribution in [1.82, 2.24) is 20.0 Å². The molecule has 0 atom stereocenters. The summed E-state index contributed by atoms with van der Waals surface area (Å²) >= 11 is 0. The highest BCUT2D eigenvalue weighted by Crippen LogP contribution is 2.30. The van der Waals surface area contributed by atoms with E-state index in [1.807, 2.05) is 7.05 Å². The second-order valence-electron chi connectivity index (χ2n) is 8.61. The lowest BCUT2D eigenvalue weighted by Crippen LogP contribution is -2.60. The Morgan fingerprint density at radius 1 is 1.04 bits per heavy atom. The van der Waals surface area contributed by atoms with E-state index in [9.17, 15) is 0 Å². The number of halogens is 1. The average molecular weight is 493 g/mol. The van der Waals surface area contributed by atoms with Crippen LogP contribution in [0.1, 0.15) is 39.5 Å². The normalized spacial score (nSPS) is 24.9. The molecule has 0 aliphatic carbocycles. The molecule has 3 saturated heterocycles. The SMILES string of the molecule is CN=C(NCC1(N2CCCC2)CCOCC1)N1CCN(CC(C)C)CC1.I. The van der Waals surface area contributed by atoms with Crippen molar-refractivity contribution in [2.24, 2.45) is 10.9 Å². The Bertz CT molecular complexity index is 453. The lowest BCUT2D eigenvalue weighted by molar-refractivity contribution is -0.0167. The van der Waals surface area contributed by atoms with Crippen molar-refractivity contribution in [3.8, 4) is 0 Å². The Hall–Kier alpha value is -0.120. The van der Waals surface area contributed by atoms with Gasteiger partial charge in [-0.25, -0.2) is 0 Å². The molecule has 7 heteroatoms. The van der Waals surface area contributed by atoms with Crippen molar-refractivity contribution < 1.29 is 4.74 Å². The average Bonchev–Trinajstić information content (AvgIpc) is 3.19. The summed E-state index contributed by atoms with van der Waals surface area (Å²) in [5.74, 6) is 1.83. The predicted octanol–water partition coefficient (Wildman–Crippen LogP) is 2.10. The van der Waals surface area contributed by atoms with Gasteiger partial charge in [-0.2, -0.15) is 0 Å². The molecular formula is C20H40IN5O. The van der Waals surface area contributed by atoms with Crippen molar-refractivity contribution in [3.63, 3.8) is 0 Å². The monoisotopic (exact) mass is 493 g/mol. The van der Waals surface area contributed by atoms with Gasteiger partial charge < -0.3 is 15.0 Å². The summed E-state index contributed by atoms with van der Waals surface area (Å²) in [4.78, 5) is 12.3. The first-order valence-corrected chi connectivity index (χ1v) is 10.6. The van der Waals surface area contributed by atoms with Gasteiger partial charge >= 0.3 is 0 Å². The summed E-state index contributed by atoms with van der Waals surface area (Å²) in [7, 11) is 1.93. The molecule has 6 nitrogen and oxygen atoms in total. The molecule has 158 valence electrons. The molecule has 3 aliphatic heterocycles. The molecule has 3 aliphatic rings. The van der Waals surface area contributed by atoms with E-state index < -0.39 is 0 Å². The van der Waals surface area contributed by atoms with Crippen LogP contribution in [-0.4, -0.2) is 98.8 Å². The first-order chi connectivity index (χ1) is 12.6. The third-order valence-electron chi connectivity index (χ3n) is 6.28. The highest BCUT2D eigenvalue weighted by atomic mass is 127. The molecule has 0 saturated carbocycles. The van der Waals surface area contributed by atoms with E-state index in [0.29, 0.717) is 0 Å². The highest BCUT2D eigenvalue weighted by Gasteiger charge is 2.40. The number of likely N-dealkylation sites (tertiary alicyclic amines) is 1. The largest absolute Gasteiger partial charge is 0.381 e. The number of rotatable bonds is 5. The van der Waals surface area contributed by atoms with Crippen molar-refractivity contribution >= 4 is 29.9 Å². The number of guanidine groups is 1. The molecule has 0 aromatic rings. The van der Waals surface area contributed by atoms with Crippen molar-refractivity contribution in [1.29, 1.82) is 0 Å². The number of hydrogen-bond donors (Lipinski definition) is 1. The number of hydrogen-bond acceptors (Lipinski definition) is 4. The fourth-order valence-electron chi connectivity index (χ4n) is 4.78. The standard InChI is InChI=1S/C20H39N5O.HI/c1-18(2)16-23-10-12-24(13-11-23)19(21-3)22-17-20(6-14-26-15-7-20)25-8-4-5-9-25;/h18H,4-17H2,1-3H3,(H,21,22);1H. The summed E-state index contributed by atoms with van der Waals surface area (Å²) in [6.45, 7) is 15.5. The van der Waals surface area contributed by atoms with Crippen LogP contribution < -0.4 is 5.32 Å². The maximum Gasteiger partial charge on any atom is 0.193 e. The summed E-state index contributed by atoms with van der Waals surface area (Å²) in [5, 5.41) is 3.74. The van der Waals surface area contributed by atoms with Crippen molar-refractivity contribution in [3.05, 3.63) is 0 Å². The zero-order chi connectivity index (χ0) is 18.4. The Kier molecular flexibility index (Phi) is 9.58. The molecule has 0 aromatic carbocycles. The Morgan fingerprint density at radius 2 is 1.67 bits per heavy atom. The number of ether oxygens (including phenoxy) is 1. The van der Waals surface area contributed by atoms with E-state index in [1.54, 1.807) is 0 Å². The zero-order valence-electron chi connectivity index (χ0n) is 17.6. The van der Waals surface area contributed by atoms with Crippen LogP contribution in [0.5, 0.6) is 0 Å². The molecule has 0 amide bonds. The van der Waals surface area contributed by atoms with Crippen LogP contribution in [0.25, 0.3) is 0 Å². The van der Waals surface area contributed by atoms with Gasteiger partial charge in [-0.15, -0.1) is 24.0 Å². The molecule has 0 spiro atoms. The van der Waals surface area contributed by atoms with E-state index in [2.05, 4.69) is 38.9 Å². The van der Waals surface area contributed by atoms with Crippen LogP contribution in [-0.2, 0) is 4.74 Å². The lowest BCUT2D eigenvalue weighted by Gasteiger charge is -2.45. The smallest absolute Gasteiger partial charge is 0.193 e. The number of nitrogens with one attached hydrogen (secondary N) is 1. The van der Waals surface area contributed by atoms with Crippen LogP contribution in [0, 0.1) is 5.92 Å². The Labute approximate surface area is 183 Å². The molecule has 27 heavy (non-hydrogen) atoms. The van der Waals surface area contributed by atoms with E-state index in [1.165, 1.54) is 32.5 Å². The van der Waals surface area contributed by atoms with Crippen LogP contribution >= 0.6 is 24.0 Å².